The predicted molar refractivity (Wildman–Crippen MR) is 111 cm³/mol. The Morgan fingerprint density at radius 1 is 1.30 bits per heavy atom. The topological polar surface area (TPSA) is 64.0 Å². The van der Waals surface area contributed by atoms with Gasteiger partial charge in [-0.05, 0) is 44.0 Å². The van der Waals surface area contributed by atoms with E-state index in [4.69, 9.17) is 23.2 Å². The summed E-state index contributed by atoms with van der Waals surface area (Å²) in [5.41, 5.74) is 1.72. The minimum atomic E-state index is -0.216. The van der Waals surface area contributed by atoms with E-state index in [9.17, 15) is 9.59 Å². The molecule has 27 heavy (non-hydrogen) atoms. The van der Waals surface area contributed by atoms with Crippen molar-refractivity contribution in [3.8, 4) is 0 Å². The SMILES string of the molecule is Cc1sc2ncn(CCC(=O)NC(C)c3ccc(Cl)c(Cl)c3)c(=O)c2c1C. The molecule has 0 radical (unpaired) electrons. The van der Waals surface area contributed by atoms with Crippen LogP contribution in [0.1, 0.15) is 35.4 Å². The van der Waals surface area contributed by atoms with Crippen molar-refractivity contribution in [1.29, 1.82) is 0 Å². The summed E-state index contributed by atoms with van der Waals surface area (Å²) >= 11 is 13.5. The van der Waals surface area contributed by atoms with E-state index in [1.54, 1.807) is 12.1 Å². The summed E-state index contributed by atoms with van der Waals surface area (Å²) in [6, 6.07) is 5.04. The average Bonchev–Trinajstić information content (AvgIpc) is 2.91. The molecule has 3 rings (SSSR count). The van der Waals surface area contributed by atoms with Gasteiger partial charge < -0.3 is 5.32 Å². The van der Waals surface area contributed by atoms with E-state index in [1.165, 1.54) is 22.2 Å². The number of aryl methyl sites for hydroxylation is 3. The van der Waals surface area contributed by atoms with Gasteiger partial charge in [0.15, 0.2) is 0 Å². The third-order valence-corrected chi connectivity index (χ3v) is 6.41. The second kappa shape index (κ2) is 8.00. The Kier molecular flexibility index (Phi) is 5.89. The molecule has 2 heterocycles. The van der Waals surface area contributed by atoms with Crippen molar-refractivity contribution in [2.24, 2.45) is 0 Å². The smallest absolute Gasteiger partial charge is 0.262 e. The molecule has 2 aromatic heterocycles. The van der Waals surface area contributed by atoms with Crippen molar-refractivity contribution < 1.29 is 4.79 Å². The van der Waals surface area contributed by atoms with E-state index in [0.29, 0.717) is 15.4 Å². The van der Waals surface area contributed by atoms with Crippen LogP contribution in [-0.4, -0.2) is 15.5 Å². The molecule has 1 unspecified atom stereocenters. The van der Waals surface area contributed by atoms with Crippen molar-refractivity contribution in [3.05, 3.63) is 60.9 Å². The zero-order valence-electron chi connectivity index (χ0n) is 15.2. The van der Waals surface area contributed by atoms with Crippen molar-refractivity contribution in [2.75, 3.05) is 0 Å². The molecule has 1 atom stereocenters. The number of aromatic nitrogens is 2. The summed E-state index contributed by atoms with van der Waals surface area (Å²) in [6.45, 7) is 6.04. The third kappa shape index (κ3) is 4.18. The molecule has 5 nitrogen and oxygen atoms in total. The van der Waals surface area contributed by atoms with Crippen LogP contribution in [0.3, 0.4) is 0 Å². The summed E-state index contributed by atoms with van der Waals surface area (Å²) in [4.78, 5) is 31.1. The molecule has 0 saturated carbocycles. The van der Waals surface area contributed by atoms with E-state index in [-0.39, 0.29) is 30.5 Å². The van der Waals surface area contributed by atoms with Crippen molar-refractivity contribution in [3.63, 3.8) is 0 Å². The lowest BCUT2D eigenvalue weighted by Crippen LogP contribution is -2.29. The fraction of sp³-hybridized carbons (Fsp3) is 0.316. The molecule has 1 aromatic carbocycles. The number of halogens is 2. The van der Waals surface area contributed by atoms with Crippen LogP contribution >= 0.6 is 34.5 Å². The lowest BCUT2D eigenvalue weighted by Gasteiger charge is -2.15. The maximum atomic E-state index is 12.7. The van der Waals surface area contributed by atoms with E-state index in [2.05, 4.69) is 10.3 Å². The van der Waals surface area contributed by atoms with Crippen LogP contribution in [-0.2, 0) is 11.3 Å². The minimum Gasteiger partial charge on any atom is -0.350 e. The number of nitrogens with zero attached hydrogens (tertiary/aromatic N) is 2. The number of benzene rings is 1. The van der Waals surface area contributed by atoms with E-state index in [0.717, 1.165) is 20.8 Å². The molecule has 1 amide bonds. The summed E-state index contributed by atoms with van der Waals surface area (Å²) in [5, 5.41) is 4.47. The molecule has 0 aliphatic rings. The Labute approximate surface area is 170 Å². The standard InChI is InChI=1S/C19H19Cl2N3O2S/c1-10-12(3)27-18-17(10)19(26)24(9-22-18)7-6-16(25)23-11(2)13-4-5-14(20)15(21)8-13/h4-5,8-9,11H,6-7H2,1-3H3,(H,23,25). The van der Waals surface area contributed by atoms with Crippen molar-refractivity contribution in [2.45, 2.75) is 39.8 Å². The first-order valence-corrected chi connectivity index (χ1v) is 10.0. The highest BCUT2D eigenvalue weighted by Crippen LogP contribution is 2.26. The van der Waals surface area contributed by atoms with Gasteiger partial charge in [-0.25, -0.2) is 4.98 Å². The first kappa shape index (κ1) is 19.9. The van der Waals surface area contributed by atoms with Crippen LogP contribution in [0.2, 0.25) is 10.0 Å². The van der Waals surface area contributed by atoms with Gasteiger partial charge in [-0.1, -0.05) is 29.3 Å². The number of nitrogens with one attached hydrogen (secondary N) is 1. The number of thiophene rings is 1. The Balaban J connectivity index is 1.68. The zero-order chi connectivity index (χ0) is 19.7. The Bertz CT molecular complexity index is 1070. The van der Waals surface area contributed by atoms with Crippen LogP contribution in [0.25, 0.3) is 10.2 Å². The minimum absolute atomic E-state index is 0.104. The van der Waals surface area contributed by atoms with Crippen LogP contribution in [0.4, 0.5) is 0 Å². The normalized spacial score (nSPS) is 12.3. The van der Waals surface area contributed by atoms with E-state index < -0.39 is 0 Å². The van der Waals surface area contributed by atoms with Gasteiger partial charge in [0, 0.05) is 17.8 Å². The molecule has 0 bridgehead atoms. The molecule has 0 fully saturated rings. The molecular weight excluding hydrogens is 405 g/mol. The largest absolute Gasteiger partial charge is 0.350 e. The first-order chi connectivity index (χ1) is 12.8. The number of carbonyl (C=O) groups excluding carboxylic acids is 1. The highest BCUT2D eigenvalue weighted by Gasteiger charge is 2.14. The number of rotatable bonds is 5. The summed E-state index contributed by atoms with van der Waals surface area (Å²) in [6.07, 6.45) is 1.69. The van der Waals surface area contributed by atoms with Gasteiger partial charge in [0.25, 0.3) is 5.56 Å². The number of carbonyl (C=O) groups is 1. The van der Waals surface area contributed by atoms with Gasteiger partial charge >= 0.3 is 0 Å². The molecule has 3 aromatic rings. The van der Waals surface area contributed by atoms with E-state index in [1.807, 2.05) is 26.8 Å². The Morgan fingerprint density at radius 2 is 2.04 bits per heavy atom. The number of hydrogen-bond acceptors (Lipinski definition) is 4. The van der Waals surface area contributed by atoms with E-state index >= 15 is 0 Å². The first-order valence-electron chi connectivity index (χ1n) is 8.47. The van der Waals surface area contributed by atoms with Gasteiger partial charge in [-0.3, -0.25) is 14.2 Å². The lowest BCUT2D eigenvalue weighted by molar-refractivity contribution is -0.121. The second-order valence-electron chi connectivity index (χ2n) is 6.42. The quantitative estimate of drug-likeness (QED) is 0.649. The van der Waals surface area contributed by atoms with Crippen LogP contribution in [0.15, 0.2) is 29.3 Å². The lowest BCUT2D eigenvalue weighted by atomic mass is 10.1. The van der Waals surface area contributed by atoms with Gasteiger partial charge in [-0.15, -0.1) is 11.3 Å². The average molecular weight is 424 g/mol. The van der Waals surface area contributed by atoms with Gasteiger partial charge in [0.2, 0.25) is 5.91 Å². The molecule has 0 spiro atoms. The van der Waals surface area contributed by atoms with Gasteiger partial charge in [0.1, 0.15) is 4.83 Å². The molecule has 1 N–H and O–H groups in total. The molecule has 142 valence electrons. The summed E-state index contributed by atoms with van der Waals surface area (Å²) in [7, 11) is 0. The van der Waals surface area contributed by atoms with Gasteiger partial charge in [0.05, 0.1) is 27.8 Å². The number of hydrogen-bond donors (Lipinski definition) is 1. The summed E-state index contributed by atoms with van der Waals surface area (Å²) in [5.74, 6) is -0.154. The maximum absolute atomic E-state index is 12.7. The number of fused-ring (bicyclic) bond motifs is 1. The maximum Gasteiger partial charge on any atom is 0.262 e. The highest BCUT2D eigenvalue weighted by atomic mass is 35.5. The van der Waals surface area contributed by atoms with Crippen LogP contribution in [0.5, 0.6) is 0 Å². The fourth-order valence-electron chi connectivity index (χ4n) is 2.83. The van der Waals surface area contributed by atoms with Crippen molar-refractivity contribution in [1.82, 2.24) is 14.9 Å². The Morgan fingerprint density at radius 3 is 2.74 bits per heavy atom. The monoisotopic (exact) mass is 423 g/mol. The fourth-order valence-corrected chi connectivity index (χ4v) is 4.12. The van der Waals surface area contributed by atoms with Crippen molar-refractivity contribution >= 4 is 50.7 Å². The molecular formula is C19H19Cl2N3O2S. The molecule has 0 aliphatic heterocycles. The zero-order valence-corrected chi connectivity index (χ0v) is 17.5. The Hall–Kier alpha value is -1.89. The molecule has 0 aliphatic carbocycles. The third-order valence-electron chi connectivity index (χ3n) is 4.56. The molecule has 8 heteroatoms. The van der Waals surface area contributed by atoms with Crippen LogP contribution < -0.4 is 10.9 Å². The highest BCUT2D eigenvalue weighted by molar-refractivity contribution is 7.18. The summed E-state index contributed by atoms with van der Waals surface area (Å²) < 4.78 is 1.49. The molecule has 0 saturated heterocycles. The predicted octanol–water partition coefficient (Wildman–Crippen LogP) is 4.65. The van der Waals surface area contributed by atoms with Crippen LogP contribution in [0, 0.1) is 13.8 Å². The number of amides is 1. The second-order valence-corrected chi connectivity index (χ2v) is 8.44. The van der Waals surface area contributed by atoms with Gasteiger partial charge in [-0.2, -0.15) is 0 Å².